The Morgan fingerprint density at radius 1 is 0.314 bits per heavy atom. The molecule has 238 valence electrons. The molecule has 0 bridgehead atoms. The summed E-state index contributed by atoms with van der Waals surface area (Å²) in [5.41, 5.74) is 10.2. The maximum Gasteiger partial charge on any atom is 0.164 e. The third-order valence-corrected chi connectivity index (χ3v) is 10.8. The Morgan fingerprint density at radius 2 is 0.922 bits per heavy atom. The lowest BCUT2D eigenvalue weighted by Crippen LogP contribution is -2.01. The molecule has 9 aromatic rings. The van der Waals surface area contributed by atoms with Crippen LogP contribution in [0.15, 0.2) is 186 Å². The van der Waals surface area contributed by atoms with Gasteiger partial charge in [0.2, 0.25) is 0 Å². The van der Waals surface area contributed by atoms with Crippen molar-refractivity contribution in [2.75, 3.05) is 0 Å². The van der Waals surface area contributed by atoms with Crippen LogP contribution in [-0.2, 0) is 0 Å². The summed E-state index contributed by atoms with van der Waals surface area (Å²) in [6.07, 6.45) is 0. The van der Waals surface area contributed by atoms with Crippen LogP contribution in [0.3, 0.4) is 0 Å². The van der Waals surface area contributed by atoms with Crippen LogP contribution in [0.4, 0.5) is 0 Å². The first-order chi connectivity index (χ1) is 25.2. The molecule has 0 N–H and O–H groups in total. The molecule has 0 spiro atoms. The zero-order chi connectivity index (χ0) is 33.7. The summed E-state index contributed by atoms with van der Waals surface area (Å²) >= 11 is 1.83. The molecule has 0 atom stereocenters. The van der Waals surface area contributed by atoms with Crippen molar-refractivity contribution in [1.82, 2.24) is 15.0 Å². The third-order valence-electron chi connectivity index (χ3n) is 9.71. The Bertz CT molecular complexity index is 2780. The van der Waals surface area contributed by atoms with E-state index in [1.54, 1.807) is 0 Å². The molecule has 51 heavy (non-hydrogen) atoms. The van der Waals surface area contributed by atoms with Gasteiger partial charge in [0.25, 0.3) is 0 Å². The summed E-state index contributed by atoms with van der Waals surface area (Å²) in [6, 6.07) is 62.3. The summed E-state index contributed by atoms with van der Waals surface area (Å²) in [5, 5.41) is 4.71. The van der Waals surface area contributed by atoms with Gasteiger partial charge in [0, 0.05) is 31.9 Å². The van der Waals surface area contributed by atoms with Crippen molar-refractivity contribution in [3.05, 3.63) is 176 Å². The molecule has 3 nitrogen and oxygen atoms in total. The molecule has 1 aromatic heterocycles. The molecule has 8 aromatic carbocycles. The smallest absolute Gasteiger partial charge is 0.164 e. The summed E-state index contributed by atoms with van der Waals surface area (Å²) < 4.78 is 0. The highest BCUT2D eigenvalue weighted by atomic mass is 32.2. The van der Waals surface area contributed by atoms with E-state index < -0.39 is 0 Å². The molecule has 2 heterocycles. The van der Waals surface area contributed by atoms with E-state index in [1.807, 2.05) is 30.0 Å². The maximum absolute atomic E-state index is 5.16. The van der Waals surface area contributed by atoms with Crippen molar-refractivity contribution in [3.8, 4) is 67.5 Å². The first-order valence-electron chi connectivity index (χ1n) is 17.1. The average Bonchev–Trinajstić information content (AvgIpc) is 3.21. The van der Waals surface area contributed by atoms with E-state index in [2.05, 4.69) is 158 Å². The van der Waals surface area contributed by atoms with E-state index in [-0.39, 0.29) is 0 Å². The van der Waals surface area contributed by atoms with Gasteiger partial charge in [-0.25, -0.2) is 15.0 Å². The van der Waals surface area contributed by atoms with Gasteiger partial charge in [-0.3, -0.25) is 0 Å². The Morgan fingerprint density at radius 3 is 1.75 bits per heavy atom. The molecule has 0 fully saturated rings. The lowest BCUT2D eigenvalue weighted by Gasteiger charge is -2.22. The second-order valence-electron chi connectivity index (χ2n) is 12.8. The van der Waals surface area contributed by atoms with Crippen LogP contribution >= 0.6 is 11.8 Å². The fraction of sp³-hybridized carbons (Fsp3) is 0. The molecule has 0 saturated carbocycles. The zero-order valence-electron chi connectivity index (χ0n) is 27.5. The van der Waals surface area contributed by atoms with Crippen LogP contribution in [-0.4, -0.2) is 15.0 Å². The highest BCUT2D eigenvalue weighted by Gasteiger charge is 2.23. The van der Waals surface area contributed by atoms with Gasteiger partial charge in [-0.05, 0) is 85.9 Å². The molecule has 10 rings (SSSR count). The average molecular weight is 668 g/mol. The number of fused-ring (bicyclic) bond motifs is 3. The second-order valence-corrected chi connectivity index (χ2v) is 13.9. The maximum atomic E-state index is 5.16. The summed E-state index contributed by atoms with van der Waals surface area (Å²) in [5.74, 6) is 1.98. The molecule has 0 radical (unpaired) electrons. The minimum atomic E-state index is 0.659. The fourth-order valence-electron chi connectivity index (χ4n) is 7.19. The third kappa shape index (κ3) is 5.29. The Kier molecular flexibility index (Phi) is 7.07. The Balaban J connectivity index is 1.12. The fourth-order valence-corrected chi connectivity index (χ4v) is 8.30. The van der Waals surface area contributed by atoms with Crippen molar-refractivity contribution in [1.29, 1.82) is 0 Å². The van der Waals surface area contributed by atoms with Gasteiger partial charge < -0.3 is 0 Å². The van der Waals surface area contributed by atoms with Crippen molar-refractivity contribution in [2.45, 2.75) is 9.79 Å². The topological polar surface area (TPSA) is 38.7 Å². The molecule has 1 aliphatic heterocycles. The summed E-state index contributed by atoms with van der Waals surface area (Å²) in [6.45, 7) is 0. The Labute approximate surface area is 300 Å². The van der Waals surface area contributed by atoms with Crippen LogP contribution in [0, 0.1) is 0 Å². The number of benzene rings is 8. The standard InChI is InChI=1S/C47H29N3S/c1-3-11-30(12-4-1)34-17-9-18-35(27-34)36-23-25-42-41(29-36)39-20-10-19-38-40(24-26-43(51-42)44(38)39)47-49-45(32-14-5-2-6-15-32)48-46(50-47)37-22-21-31-13-7-8-16-33(31)28-37/h1-29H. The van der Waals surface area contributed by atoms with Gasteiger partial charge in [-0.1, -0.05) is 151 Å². The minimum absolute atomic E-state index is 0.659. The molecule has 1 aliphatic rings. The van der Waals surface area contributed by atoms with E-state index in [9.17, 15) is 0 Å². The van der Waals surface area contributed by atoms with Gasteiger partial charge >= 0.3 is 0 Å². The van der Waals surface area contributed by atoms with Gasteiger partial charge in [-0.15, -0.1) is 0 Å². The van der Waals surface area contributed by atoms with Gasteiger partial charge in [-0.2, -0.15) is 0 Å². The summed E-state index contributed by atoms with van der Waals surface area (Å²) in [7, 11) is 0. The highest BCUT2D eigenvalue weighted by Crippen LogP contribution is 2.50. The molecule has 0 amide bonds. The quantitative estimate of drug-likeness (QED) is 0.183. The van der Waals surface area contributed by atoms with Gasteiger partial charge in [0.1, 0.15) is 0 Å². The largest absolute Gasteiger partial charge is 0.208 e. The zero-order valence-corrected chi connectivity index (χ0v) is 28.3. The molecule has 0 saturated heterocycles. The van der Waals surface area contributed by atoms with Crippen molar-refractivity contribution < 1.29 is 0 Å². The lowest BCUT2D eigenvalue weighted by molar-refractivity contribution is 1.08. The molecule has 0 unspecified atom stereocenters. The molecule has 0 aliphatic carbocycles. The SMILES string of the molecule is c1ccc(-c2cccc(-c3ccc4c(c3)-c3cccc5c(-c6nc(-c7ccccc7)nc(-c7ccc8ccccc8c7)n6)ccc(c35)S4)c2)cc1. The van der Waals surface area contributed by atoms with E-state index in [1.165, 1.54) is 53.9 Å². The number of hydrogen-bond acceptors (Lipinski definition) is 4. The summed E-state index contributed by atoms with van der Waals surface area (Å²) in [4.78, 5) is 17.8. The number of aromatic nitrogens is 3. The van der Waals surface area contributed by atoms with Crippen molar-refractivity contribution in [2.24, 2.45) is 0 Å². The van der Waals surface area contributed by atoms with E-state index in [0.717, 1.165) is 27.5 Å². The van der Waals surface area contributed by atoms with E-state index in [0.29, 0.717) is 17.5 Å². The van der Waals surface area contributed by atoms with Crippen molar-refractivity contribution in [3.63, 3.8) is 0 Å². The van der Waals surface area contributed by atoms with Crippen LogP contribution in [0.25, 0.3) is 89.1 Å². The molecule has 4 heteroatoms. The normalized spacial score (nSPS) is 11.8. The monoisotopic (exact) mass is 667 g/mol. The first kappa shape index (κ1) is 29.5. The molecular weight excluding hydrogens is 639 g/mol. The Hall–Kier alpha value is -6.36. The number of rotatable bonds is 5. The van der Waals surface area contributed by atoms with Gasteiger partial charge in [0.15, 0.2) is 17.5 Å². The second kappa shape index (κ2) is 12.2. The highest BCUT2D eigenvalue weighted by molar-refractivity contribution is 7.99. The van der Waals surface area contributed by atoms with E-state index in [4.69, 9.17) is 15.0 Å². The van der Waals surface area contributed by atoms with Crippen LogP contribution in [0.2, 0.25) is 0 Å². The number of nitrogens with zero attached hydrogens (tertiary/aromatic N) is 3. The molecular formula is C47H29N3S. The van der Waals surface area contributed by atoms with Crippen LogP contribution in [0.1, 0.15) is 0 Å². The van der Waals surface area contributed by atoms with Gasteiger partial charge in [0.05, 0.1) is 0 Å². The van der Waals surface area contributed by atoms with E-state index >= 15 is 0 Å². The first-order valence-corrected chi connectivity index (χ1v) is 17.9. The number of hydrogen-bond donors (Lipinski definition) is 0. The van der Waals surface area contributed by atoms with Crippen molar-refractivity contribution >= 4 is 33.3 Å². The minimum Gasteiger partial charge on any atom is -0.208 e. The predicted octanol–water partition coefficient (Wildman–Crippen LogP) is 12.6. The van der Waals surface area contributed by atoms with Crippen LogP contribution in [0.5, 0.6) is 0 Å². The lowest BCUT2D eigenvalue weighted by atomic mass is 9.92. The van der Waals surface area contributed by atoms with Crippen LogP contribution < -0.4 is 0 Å². The predicted molar refractivity (Wildman–Crippen MR) is 212 cm³/mol.